The summed E-state index contributed by atoms with van der Waals surface area (Å²) in [5.41, 5.74) is 5.61. The van der Waals surface area contributed by atoms with Gasteiger partial charge in [-0.05, 0) is 47.7 Å². The smallest absolute Gasteiger partial charge is 0.251 e. The predicted molar refractivity (Wildman–Crippen MR) is 85.6 cm³/mol. The number of anilines is 1. The van der Waals surface area contributed by atoms with Crippen molar-refractivity contribution in [3.63, 3.8) is 0 Å². The van der Waals surface area contributed by atoms with Gasteiger partial charge in [0.05, 0.1) is 0 Å². The molecule has 3 heteroatoms. The second-order valence-corrected chi connectivity index (χ2v) is 5.35. The monoisotopic (exact) mass is 280 g/mol. The average molecular weight is 280 g/mol. The van der Waals surface area contributed by atoms with Crippen LogP contribution in [-0.4, -0.2) is 12.5 Å². The lowest BCUT2D eigenvalue weighted by molar-refractivity contribution is 0.0951. The number of carbonyl (C=O) groups excluding carboxylic acids is 1. The quantitative estimate of drug-likeness (QED) is 0.903. The van der Waals surface area contributed by atoms with Gasteiger partial charge in [0.15, 0.2) is 0 Å². The van der Waals surface area contributed by atoms with Crippen molar-refractivity contribution in [2.45, 2.75) is 26.3 Å². The molecule has 0 fully saturated rings. The highest BCUT2D eigenvalue weighted by atomic mass is 16.1. The van der Waals surface area contributed by atoms with Gasteiger partial charge >= 0.3 is 0 Å². The third-order valence-electron chi connectivity index (χ3n) is 4.02. The van der Waals surface area contributed by atoms with Crippen molar-refractivity contribution in [1.29, 1.82) is 0 Å². The normalized spacial score (nSPS) is 12.6. The van der Waals surface area contributed by atoms with Crippen molar-refractivity contribution >= 4 is 11.6 Å². The van der Waals surface area contributed by atoms with E-state index in [1.807, 2.05) is 30.3 Å². The van der Waals surface area contributed by atoms with Crippen molar-refractivity contribution in [1.82, 2.24) is 5.32 Å². The molecular formula is C18H20N2O. The lowest BCUT2D eigenvalue weighted by atomic mass is 10.0. The van der Waals surface area contributed by atoms with Crippen LogP contribution < -0.4 is 10.6 Å². The molecule has 1 aliphatic heterocycles. The van der Waals surface area contributed by atoms with Crippen LogP contribution in [-0.2, 0) is 19.4 Å². The molecule has 0 aromatic heterocycles. The van der Waals surface area contributed by atoms with E-state index in [1.165, 1.54) is 16.7 Å². The highest BCUT2D eigenvalue weighted by Gasteiger charge is 2.13. The molecule has 1 aliphatic rings. The summed E-state index contributed by atoms with van der Waals surface area (Å²) >= 11 is 0. The Morgan fingerprint density at radius 1 is 1.19 bits per heavy atom. The molecule has 2 N–H and O–H groups in total. The molecule has 0 spiro atoms. The Morgan fingerprint density at radius 2 is 2.00 bits per heavy atom. The number of rotatable bonds is 4. The second-order valence-electron chi connectivity index (χ2n) is 5.35. The minimum atomic E-state index is -0.00407. The average Bonchev–Trinajstić information content (AvgIpc) is 3.00. The molecule has 2 aromatic rings. The Bertz CT molecular complexity index is 664. The van der Waals surface area contributed by atoms with E-state index < -0.39 is 0 Å². The van der Waals surface area contributed by atoms with E-state index in [1.54, 1.807) is 0 Å². The van der Waals surface area contributed by atoms with Crippen LogP contribution in [0.25, 0.3) is 0 Å². The van der Waals surface area contributed by atoms with Crippen molar-refractivity contribution in [2.24, 2.45) is 0 Å². The number of benzene rings is 2. The molecule has 21 heavy (non-hydrogen) atoms. The number of nitrogens with one attached hydrogen (secondary N) is 2. The summed E-state index contributed by atoms with van der Waals surface area (Å²) in [6.45, 7) is 3.68. The third kappa shape index (κ3) is 2.92. The van der Waals surface area contributed by atoms with Crippen molar-refractivity contribution in [3.05, 3.63) is 64.7 Å². The summed E-state index contributed by atoms with van der Waals surface area (Å²) in [5, 5.41) is 6.33. The molecule has 1 heterocycles. The summed E-state index contributed by atoms with van der Waals surface area (Å²) in [6, 6.07) is 14.1. The lowest BCUT2D eigenvalue weighted by Gasteiger charge is -2.10. The van der Waals surface area contributed by atoms with Crippen LogP contribution in [0.2, 0.25) is 0 Å². The number of hydrogen-bond acceptors (Lipinski definition) is 2. The fourth-order valence-electron chi connectivity index (χ4n) is 2.80. The highest BCUT2D eigenvalue weighted by molar-refractivity contribution is 5.95. The molecule has 2 aromatic carbocycles. The van der Waals surface area contributed by atoms with Crippen LogP contribution in [0.3, 0.4) is 0 Å². The summed E-state index contributed by atoms with van der Waals surface area (Å²) in [4.78, 5) is 12.3. The zero-order chi connectivity index (χ0) is 14.7. The molecule has 1 amide bonds. The van der Waals surface area contributed by atoms with Crippen LogP contribution in [0.1, 0.15) is 34.0 Å². The van der Waals surface area contributed by atoms with Crippen LogP contribution in [0.4, 0.5) is 5.69 Å². The molecule has 0 aliphatic carbocycles. The fraction of sp³-hybridized carbons (Fsp3) is 0.278. The molecule has 0 saturated carbocycles. The van der Waals surface area contributed by atoms with Gasteiger partial charge in [0, 0.05) is 24.3 Å². The van der Waals surface area contributed by atoms with Gasteiger partial charge in [-0.15, -0.1) is 0 Å². The van der Waals surface area contributed by atoms with Crippen LogP contribution in [0, 0.1) is 0 Å². The summed E-state index contributed by atoms with van der Waals surface area (Å²) in [7, 11) is 0. The zero-order valence-electron chi connectivity index (χ0n) is 12.3. The van der Waals surface area contributed by atoms with E-state index in [0.29, 0.717) is 6.54 Å². The third-order valence-corrected chi connectivity index (χ3v) is 4.02. The Kier molecular flexibility index (Phi) is 3.91. The van der Waals surface area contributed by atoms with Gasteiger partial charge in [0.2, 0.25) is 0 Å². The SMILES string of the molecule is CCc1ccccc1CNC(=O)c1ccc2c(c1)CCN2. The molecule has 0 saturated heterocycles. The summed E-state index contributed by atoms with van der Waals surface area (Å²) in [6.07, 6.45) is 1.98. The first-order valence-electron chi connectivity index (χ1n) is 7.49. The van der Waals surface area contributed by atoms with Crippen LogP contribution in [0.15, 0.2) is 42.5 Å². The van der Waals surface area contributed by atoms with Gasteiger partial charge in [-0.3, -0.25) is 4.79 Å². The van der Waals surface area contributed by atoms with E-state index in [0.717, 1.165) is 30.6 Å². The number of carbonyl (C=O) groups is 1. The van der Waals surface area contributed by atoms with E-state index >= 15 is 0 Å². The minimum absolute atomic E-state index is 0.00407. The van der Waals surface area contributed by atoms with E-state index in [-0.39, 0.29) is 5.91 Å². The maximum absolute atomic E-state index is 12.3. The van der Waals surface area contributed by atoms with Crippen molar-refractivity contribution < 1.29 is 4.79 Å². The largest absolute Gasteiger partial charge is 0.384 e. The number of fused-ring (bicyclic) bond motifs is 1. The first-order chi connectivity index (χ1) is 10.3. The summed E-state index contributed by atoms with van der Waals surface area (Å²) < 4.78 is 0. The zero-order valence-corrected chi connectivity index (χ0v) is 12.3. The Labute approximate surface area is 125 Å². The van der Waals surface area contributed by atoms with Crippen molar-refractivity contribution in [2.75, 3.05) is 11.9 Å². The molecule has 3 rings (SSSR count). The summed E-state index contributed by atoms with van der Waals surface area (Å²) in [5.74, 6) is -0.00407. The van der Waals surface area contributed by atoms with Gasteiger partial charge in [-0.1, -0.05) is 31.2 Å². The maximum atomic E-state index is 12.3. The van der Waals surface area contributed by atoms with Gasteiger partial charge in [0.1, 0.15) is 0 Å². The number of amides is 1. The van der Waals surface area contributed by atoms with Gasteiger partial charge in [-0.25, -0.2) is 0 Å². The maximum Gasteiger partial charge on any atom is 0.251 e. The van der Waals surface area contributed by atoms with E-state index in [2.05, 4.69) is 29.7 Å². The van der Waals surface area contributed by atoms with Crippen LogP contribution in [0.5, 0.6) is 0 Å². The van der Waals surface area contributed by atoms with Crippen molar-refractivity contribution in [3.8, 4) is 0 Å². The lowest BCUT2D eigenvalue weighted by Crippen LogP contribution is -2.23. The van der Waals surface area contributed by atoms with E-state index in [4.69, 9.17) is 0 Å². The van der Waals surface area contributed by atoms with E-state index in [9.17, 15) is 4.79 Å². The second kappa shape index (κ2) is 6.00. The van der Waals surface area contributed by atoms with Gasteiger partial charge < -0.3 is 10.6 Å². The molecular weight excluding hydrogens is 260 g/mol. The molecule has 0 radical (unpaired) electrons. The Morgan fingerprint density at radius 3 is 2.81 bits per heavy atom. The molecule has 0 bridgehead atoms. The topological polar surface area (TPSA) is 41.1 Å². The fourth-order valence-corrected chi connectivity index (χ4v) is 2.80. The highest BCUT2D eigenvalue weighted by Crippen LogP contribution is 2.23. The number of aryl methyl sites for hydroxylation is 1. The first kappa shape index (κ1) is 13.7. The van der Waals surface area contributed by atoms with Gasteiger partial charge in [0.25, 0.3) is 5.91 Å². The molecule has 0 unspecified atom stereocenters. The van der Waals surface area contributed by atoms with Crippen LogP contribution >= 0.6 is 0 Å². The molecule has 3 nitrogen and oxygen atoms in total. The number of hydrogen-bond donors (Lipinski definition) is 2. The Hall–Kier alpha value is -2.29. The predicted octanol–water partition coefficient (Wildman–Crippen LogP) is 3.15. The minimum Gasteiger partial charge on any atom is -0.384 e. The molecule has 0 atom stereocenters. The first-order valence-corrected chi connectivity index (χ1v) is 7.49. The Balaban J connectivity index is 1.69. The standard InChI is InChI=1S/C18H20N2O/c1-2-13-5-3-4-6-16(13)12-20-18(21)15-7-8-17-14(11-15)9-10-19-17/h3-8,11,19H,2,9-10,12H2,1H3,(H,20,21). The molecule has 108 valence electrons. The van der Waals surface area contributed by atoms with Gasteiger partial charge in [-0.2, -0.15) is 0 Å².